The molecule has 0 saturated heterocycles. The predicted molar refractivity (Wildman–Crippen MR) is 88.5 cm³/mol. The third kappa shape index (κ3) is 3.99. The van der Waals surface area contributed by atoms with Crippen molar-refractivity contribution in [1.29, 1.82) is 0 Å². The van der Waals surface area contributed by atoms with Crippen molar-refractivity contribution in [3.05, 3.63) is 34.3 Å². The van der Waals surface area contributed by atoms with Crippen molar-refractivity contribution in [2.75, 3.05) is 7.05 Å². The Labute approximate surface area is 129 Å². The summed E-state index contributed by atoms with van der Waals surface area (Å²) in [6.45, 7) is 6.89. The molecule has 0 bridgehead atoms. The summed E-state index contributed by atoms with van der Waals surface area (Å²) < 4.78 is 0. The van der Waals surface area contributed by atoms with Gasteiger partial charge in [0.2, 0.25) is 0 Å². The Hall–Kier alpha value is -0.530. The molecular weight excluding hydrogens is 266 g/mol. The van der Waals surface area contributed by atoms with Gasteiger partial charge in [0.1, 0.15) is 0 Å². The van der Waals surface area contributed by atoms with E-state index >= 15 is 0 Å². The molecule has 1 aromatic rings. The van der Waals surface area contributed by atoms with Crippen LogP contribution in [-0.2, 0) is 6.42 Å². The highest BCUT2D eigenvalue weighted by atomic mass is 35.5. The van der Waals surface area contributed by atoms with E-state index in [0.29, 0.717) is 11.5 Å². The van der Waals surface area contributed by atoms with Crippen LogP contribution >= 0.6 is 11.6 Å². The van der Waals surface area contributed by atoms with Gasteiger partial charge in [-0.1, -0.05) is 37.6 Å². The molecule has 0 amide bonds. The summed E-state index contributed by atoms with van der Waals surface area (Å²) >= 11 is 6.39. The molecule has 2 rings (SSSR count). The highest BCUT2D eigenvalue weighted by molar-refractivity contribution is 6.31. The number of likely N-dealkylation sites (N-methyl/N-ethyl adjacent to an activating group) is 1. The van der Waals surface area contributed by atoms with Crippen LogP contribution in [-0.4, -0.2) is 13.1 Å². The van der Waals surface area contributed by atoms with Crippen molar-refractivity contribution >= 4 is 11.6 Å². The maximum absolute atomic E-state index is 6.39. The van der Waals surface area contributed by atoms with Crippen LogP contribution in [0.2, 0.25) is 5.02 Å². The minimum Gasteiger partial charge on any atom is -0.316 e. The van der Waals surface area contributed by atoms with Crippen LogP contribution in [0.1, 0.15) is 50.7 Å². The second kappa shape index (κ2) is 6.49. The van der Waals surface area contributed by atoms with Gasteiger partial charge in [-0.25, -0.2) is 0 Å². The third-order valence-electron chi connectivity index (χ3n) is 4.97. The zero-order valence-corrected chi connectivity index (χ0v) is 14.1. The zero-order chi connectivity index (χ0) is 14.8. The Morgan fingerprint density at radius 3 is 2.50 bits per heavy atom. The molecule has 1 aliphatic rings. The maximum Gasteiger partial charge on any atom is 0.0441 e. The summed E-state index contributed by atoms with van der Waals surface area (Å²) in [5, 5.41) is 4.45. The van der Waals surface area contributed by atoms with E-state index in [-0.39, 0.29) is 0 Å². The number of nitrogens with one attached hydrogen (secondary N) is 1. The number of halogens is 1. The quantitative estimate of drug-likeness (QED) is 0.824. The average molecular weight is 294 g/mol. The molecule has 1 atom stereocenters. The van der Waals surface area contributed by atoms with Gasteiger partial charge in [0.15, 0.2) is 0 Å². The highest BCUT2D eigenvalue weighted by Gasteiger charge is 2.30. The molecule has 1 aromatic carbocycles. The second-order valence-electron chi connectivity index (χ2n) is 7.20. The molecule has 20 heavy (non-hydrogen) atoms. The van der Waals surface area contributed by atoms with E-state index in [1.807, 2.05) is 0 Å². The topological polar surface area (TPSA) is 12.0 Å². The molecule has 1 aliphatic carbocycles. The van der Waals surface area contributed by atoms with E-state index in [9.17, 15) is 0 Å². The van der Waals surface area contributed by atoms with Gasteiger partial charge in [-0.15, -0.1) is 0 Å². The lowest BCUT2D eigenvalue weighted by molar-refractivity contribution is 0.163. The number of hydrogen-bond acceptors (Lipinski definition) is 1. The molecule has 1 saturated carbocycles. The first-order valence-corrected chi connectivity index (χ1v) is 8.21. The van der Waals surface area contributed by atoms with Crippen LogP contribution in [0.3, 0.4) is 0 Å². The SMILES string of the molecule is CNC(Cc1ccc(C)cc1Cl)C1CCC(C)(C)CC1. The van der Waals surface area contributed by atoms with Crippen molar-refractivity contribution < 1.29 is 0 Å². The molecule has 1 nitrogen and oxygen atoms in total. The van der Waals surface area contributed by atoms with E-state index in [4.69, 9.17) is 11.6 Å². The first kappa shape index (κ1) is 15.9. The molecule has 0 spiro atoms. The Balaban J connectivity index is 2.02. The summed E-state index contributed by atoms with van der Waals surface area (Å²) in [5.74, 6) is 0.783. The fourth-order valence-corrected chi connectivity index (χ4v) is 3.70. The van der Waals surface area contributed by atoms with Crippen molar-refractivity contribution in [2.24, 2.45) is 11.3 Å². The Bertz CT molecular complexity index is 443. The van der Waals surface area contributed by atoms with Gasteiger partial charge >= 0.3 is 0 Å². The van der Waals surface area contributed by atoms with Crippen LogP contribution < -0.4 is 5.32 Å². The molecule has 0 aliphatic heterocycles. The van der Waals surface area contributed by atoms with Gasteiger partial charge in [-0.05, 0) is 74.6 Å². The maximum atomic E-state index is 6.39. The van der Waals surface area contributed by atoms with Gasteiger partial charge in [0.05, 0.1) is 0 Å². The molecule has 0 aromatic heterocycles. The van der Waals surface area contributed by atoms with E-state index in [2.05, 4.69) is 51.3 Å². The third-order valence-corrected chi connectivity index (χ3v) is 5.32. The van der Waals surface area contributed by atoms with Crippen molar-refractivity contribution in [2.45, 2.75) is 58.9 Å². The first-order chi connectivity index (χ1) is 9.41. The first-order valence-electron chi connectivity index (χ1n) is 7.83. The van der Waals surface area contributed by atoms with E-state index in [1.165, 1.54) is 36.8 Å². The fourth-order valence-electron chi connectivity index (χ4n) is 3.38. The monoisotopic (exact) mass is 293 g/mol. The molecule has 2 heteroatoms. The Kier molecular flexibility index (Phi) is 5.14. The molecule has 1 fully saturated rings. The molecule has 112 valence electrons. The largest absolute Gasteiger partial charge is 0.316 e. The van der Waals surface area contributed by atoms with Crippen LogP contribution in [0, 0.1) is 18.3 Å². The number of aryl methyl sites for hydroxylation is 1. The molecule has 1 unspecified atom stereocenters. The van der Waals surface area contributed by atoms with Gasteiger partial charge in [0.25, 0.3) is 0 Å². The van der Waals surface area contributed by atoms with Crippen LogP contribution in [0.4, 0.5) is 0 Å². The van der Waals surface area contributed by atoms with E-state index in [0.717, 1.165) is 17.4 Å². The smallest absolute Gasteiger partial charge is 0.0441 e. The summed E-state index contributed by atoms with van der Waals surface area (Å²) in [7, 11) is 2.09. The highest BCUT2D eigenvalue weighted by Crippen LogP contribution is 2.39. The number of hydrogen-bond donors (Lipinski definition) is 1. The molecule has 0 heterocycles. The minimum absolute atomic E-state index is 0.538. The van der Waals surface area contributed by atoms with Crippen molar-refractivity contribution in [3.8, 4) is 0 Å². The fraction of sp³-hybridized carbons (Fsp3) is 0.667. The normalized spacial score (nSPS) is 20.9. The minimum atomic E-state index is 0.538. The van der Waals surface area contributed by atoms with Crippen LogP contribution in [0.5, 0.6) is 0 Å². The van der Waals surface area contributed by atoms with Crippen LogP contribution in [0.15, 0.2) is 18.2 Å². The van der Waals surface area contributed by atoms with Crippen molar-refractivity contribution in [1.82, 2.24) is 5.32 Å². The summed E-state index contributed by atoms with van der Waals surface area (Å²) in [4.78, 5) is 0. The molecule has 0 radical (unpaired) electrons. The zero-order valence-electron chi connectivity index (χ0n) is 13.3. The van der Waals surface area contributed by atoms with Gasteiger partial charge in [-0.2, -0.15) is 0 Å². The van der Waals surface area contributed by atoms with Gasteiger partial charge in [-0.3, -0.25) is 0 Å². The van der Waals surface area contributed by atoms with Gasteiger partial charge < -0.3 is 5.32 Å². The summed E-state index contributed by atoms with van der Waals surface area (Å²) in [6.07, 6.45) is 6.40. The lowest BCUT2D eigenvalue weighted by Crippen LogP contribution is -2.38. The number of benzene rings is 1. The Morgan fingerprint density at radius 2 is 1.95 bits per heavy atom. The summed E-state index contributed by atoms with van der Waals surface area (Å²) in [5.41, 5.74) is 3.05. The summed E-state index contributed by atoms with van der Waals surface area (Å²) in [6, 6.07) is 6.98. The standard InChI is InChI=1S/C18H28ClN/c1-13-5-6-15(16(19)11-13)12-17(20-4)14-7-9-18(2,3)10-8-14/h5-6,11,14,17,20H,7-10,12H2,1-4H3. The number of rotatable bonds is 4. The van der Waals surface area contributed by atoms with E-state index < -0.39 is 0 Å². The molecule has 1 N–H and O–H groups in total. The second-order valence-corrected chi connectivity index (χ2v) is 7.60. The van der Waals surface area contributed by atoms with E-state index in [1.54, 1.807) is 0 Å². The Morgan fingerprint density at radius 1 is 1.30 bits per heavy atom. The van der Waals surface area contributed by atoms with Crippen LogP contribution in [0.25, 0.3) is 0 Å². The van der Waals surface area contributed by atoms with Crippen molar-refractivity contribution in [3.63, 3.8) is 0 Å². The lowest BCUT2D eigenvalue weighted by atomic mass is 9.70. The molecular formula is C18H28ClN. The average Bonchev–Trinajstić information content (AvgIpc) is 2.39. The lowest BCUT2D eigenvalue weighted by Gasteiger charge is -2.38. The predicted octanol–water partition coefficient (Wildman–Crippen LogP) is 5.00. The van der Waals surface area contributed by atoms with Gasteiger partial charge in [0, 0.05) is 11.1 Å².